The minimum Gasteiger partial charge on any atom is -0.493 e. The quantitative estimate of drug-likeness (QED) is 0.458. The summed E-state index contributed by atoms with van der Waals surface area (Å²) in [5, 5.41) is 2.94. The number of nitrogens with zero attached hydrogens (tertiary/aromatic N) is 1. The van der Waals surface area contributed by atoms with Crippen LogP contribution in [0, 0.1) is 5.92 Å². The van der Waals surface area contributed by atoms with Crippen LogP contribution in [0.3, 0.4) is 0 Å². The Kier molecular flexibility index (Phi) is 9.05. The van der Waals surface area contributed by atoms with Gasteiger partial charge in [0.05, 0.1) is 46.7 Å². The van der Waals surface area contributed by atoms with Crippen LogP contribution in [-0.2, 0) is 16.1 Å². The molecular formula is C26H34N2O7. The number of hydrogen-bond donors (Lipinski definition) is 1. The van der Waals surface area contributed by atoms with Gasteiger partial charge in [0.2, 0.25) is 17.6 Å². The summed E-state index contributed by atoms with van der Waals surface area (Å²) in [6.07, 6.45) is 2.14. The van der Waals surface area contributed by atoms with Gasteiger partial charge in [0, 0.05) is 31.6 Å². The molecule has 0 aromatic heterocycles. The fraction of sp³-hybridized carbons (Fsp3) is 0.462. The monoisotopic (exact) mass is 486 g/mol. The van der Waals surface area contributed by atoms with E-state index in [-0.39, 0.29) is 24.8 Å². The summed E-state index contributed by atoms with van der Waals surface area (Å²) >= 11 is 0. The van der Waals surface area contributed by atoms with Crippen LogP contribution in [0.1, 0.15) is 31.7 Å². The Hall–Kier alpha value is -3.62. The zero-order chi connectivity index (χ0) is 25.4. The third-order valence-corrected chi connectivity index (χ3v) is 5.91. The van der Waals surface area contributed by atoms with Crippen LogP contribution in [0.15, 0.2) is 30.3 Å². The van der Waals surface area contributed by atoms with Crippen molar-refractivity contribution in [3.8, 4) is 28.7 Å². The predicted molar refractivity (Wildman–Crippen MR) is 132 cm³/mol. The van der Waals surface area contributed by atoms with E-state index in [0.29, 0.717) is 47.6 Å². The summed E-state index contributed by atoms with van der Waals surface area (Å²) in [6.45, 7) is 3.31. The molecule has 1 saturated heterocycles. The Morgan fingerprint density at radius 3 is 2.26 bits per heavy atom. The standard InChI is InChI=1S/C26H34N2O7/c1-6-7-10-35-20-9-8-17(11-21(20)31-2)15-27-26(30)18-12-24(29)28(16-18)19-13-22(32-3)25(34-5)23(14-19)33-4/h8-9,11,13-14,18H,6-7,10,12,15-16H2,1-5H3,(H,27,30). The highest BCUT2D eigenvalue weighted by molar-refractivity contribution is 6.00. The molecular weight excluding hydrogens is 452 g/mol. The second kappa shape index (κ2) is 12.2. The highest BCUT2D eigenvalue weighted by atomic mass is 16.5. The number of nitrogens with one attached hydrogen (secondary N) is 1. The van der Waals surface area contributed by atoms with Crippen LogP contribution in [0.4, 0.5) is 5.69 Å². The number of carbonyl (C=O) groups excluding carboxylic acids is 2. The number of amides is 2. The van der Waals surface area contributed by atoms with Crippen molar-refractivity contribution < 1.29 is 33.3 Å². The molecule has 1 aliphatic rings. The van der Waals surface area contributed by atoms with Crippen LogP contribution < -0.4 is 33.9 Å². The first-order valence-electron chi connectivity index (χ1n) is 11.6. The van der Waals surface area contributed by atoms with Crippen molar-refractivity contribution >= 4 is 17.5 Å². The fourth-order valence-electron chi connectivity index (χ4n) is 3.96. The summed E-state index contributed by atoms with van der Waals surface area (Å²) in [6, 6.07) is 9.00. The van der Waals surface area contributed by atoms with Crippen molar-refractivity contribution in [1.82, 2.24) is 5.32 Å². The molecule has 2 aromatic rings. The lowest BCUT2D eigenvalue weighted by Crippen LogP contribution is -2.32. The molecule has 1 heterocycles. The van der Waals surface area contributed by atoms with Gasteiger partial charge in [-0.1, -0.05) is 19.4 Å². The van der Waals surface area contributed by atoms with Crippen LogP contribution in [0.2, 0.25) is 0 Å². The molecule has 0 bridgehead atoms. The van der Waals surface area contributed by atoms with Crippen LogP contribution in [0.5, 0.6) is 28.7 Å². The third-order valence-electron chi connectivity index (χ3n) is 5.91. The molecule has 2 amide bonds. The van der Waals surface area contributed by atoms with E-state index in [1.807, 2.05) is 18.2 Å². The van der Waals surface area contributed by atoms with Crippen molar-refractivity contribution in [2.45, 2.75) is 32.7 Å². The lowest BCUT2D eigenvalue weighted by molar-refractivity contribution is -0.126. The van der Waals surface area contributed by atoms with Gasteiger partial charge in [-0.3, -0.25) is 9.59 Å². The van der Waals surface area contributed by atoms with E-state index in [9.17, 15) is 9.59 Å². The topological polar surface area (TPSA) is 95.6 Å². The number of rotatable bonds is 12. The van der Waals surface area contributed by atoms with Gasteiger partial charge in [0.1, 0.15) is 0 Å². The molecule has 1 fully saturated rings. The minimum absolute atomic E-state index is 0.121. The number of benzene rings is 2. The van der Waals surface area contributed by atoms with Crippen molar-refractivity contribution in [1.29, 1.82) is 0 Å². The third kappa shape index (κ3) is 6.09. The van der Waals surface area contributed by atoms with Crippen molar-refractivity contribution in [3.05, 3.63) is 35.9 Å². The van der Waals surface area contributed by atoms with Gasteiger partial charge in [-0.2, -0.15) is 0 Å². The Labute approximate surface area is 206 Å². The number of ether oxygens (including phenoxy) is 5. The molecule has 9 nitrogen and oxygen atoms in total. The predicted octanol–water partition coefficient (Wildman–Crippen LogP) is 3.57. The van der Waals surface area contributed by atoms with Gasteiger partial charge in [-0.05, 0) is 24.1 Å². The van der Waals surface area contributed by atoms with E-state index >= 15 is 0 Å². The zero-order valence-electron chi connectivity index (χ0n) is 21.0. The molecule has 2 aromatic carbocycles. The number of unbranched alkanes of at least 4 members (excludes halogenated alkanes) is 1. The van der Waals surface area contributed by atoms with Gasteiger partial charge in [0.25, 0.3) is 0 Å². The van der Waals surface area contributed by atoms with Gasteiger partial charge >= 0.3 is 0 Å². The van der Waals surface area contributed by atoms with Crippen molar-refractivity contribution in [3.63, 3.8) is 0 Å². The average molecular weight is 487 g/mol. The second-order valence-corrected chi connectivity index (χ2v) is 8.19. The Morgan fingerprint density at radius 1 is 0.971 bits per heavy atom. The summed E-state index contributed by atoms with van der Waals surface area (Å²) in [5.41, 5.74) is 1.46. The molecule has 0 radical (unpaired) electrons. The maximum absolute atomic E-state index is 12.9. The largest absolute Gasteiger partial charge is 0.493 e. The van der Waals surface area contributed by atoms with Crippen molar-refractivity contribution in [2.24, 2.45) is 5.92 Å². The van der Waals surface area contributed by atoms with Crippen LogP contribution >= 0.6 is 0 Å². The smallest absolute Gasteiger partial charge is 0.227 e. The van der Waals surface area contributed by atoms with E-state index in [2.05, 4.69) is 12.2 Å². The van der Waals surface area contributed by atoms with Gasteiger partial charge in [0.15, 0.2) is 23.0 Å². The zero-order valence-corrected chi connectivity index (χ0v) is 21.0. The summed E-state index contributed by atoms with van der Waals surface area (Å²) in [7, 11) is 6.14. The molecule has 1 unspecified atom stereocenters. The molecule has 190 valence electrons. The van der Waals surface area contributed by atoms with Crippen LogP contribution in [-0.4, -0.2) is 53.4 Å². The van der Waals surface area contributed by atoms with Gasteiger partial charge < -0.3 is 33.9 Å². The van der Waals surface area contributed by atoms with Crippen LogP contribution in [0.25, 0.3) is 0 Å². The molecule has 0 saturated carbocycles. The first-order valence-corrected chi connectivity index (χ1v) is 11.6. The molecule has 35 heavy (non-hydrogen) atoms. The summed E-state index contributed by atoms with van der Waals surface area (Å²) < 4.78 is 27.3. The summed E-state index contributed by atoms with van der Waals surface area (Å²) in [4.78, 5) is 27.2. The first kappa shape index (κ1) is 26.0. The van der Waals surface area contributed by atoms with Gasteiger partial charge in [-0.15, -0.1) is 0 Å². The number of anilines is 1. The Balaban J connectivity index is 1.65. The van der Waals surface area contributed by atoms with E-state index < -0.39 is 5.92 Å². The lowest BCUT2D eigenvalue weighted by Gasteiger charge is -2.20. The molecule has 9 heteroatoms. The SMILES string of the molecule is CCCCOc1ccc(CNC(=O)C2CC(=O)N(c3cc(OC)c(OC)c(OC)c3)C2)cc1OC. The highest BCUT2D eigenvalue weighted by Gasteiger charge is 2.36. The molecule has 1 atom stereocenters. The second-order valence-electron chi connectivity index (χ2n) is 8.19. The van der Waals surface area contributed by atoms with E-state index in [1.165, 1.54) is 21.3 Å². The van der Waals surface area contributed by atoms with Gasteiger partial charge in [-0.25, -0.2) is 0 Å². The average Bonchev–Trinajstić information content (AvgIpc) is 3.28. The normalized spacial score (nSPS) is 15.1. The Morgan fingerprint density at radius 2 is 1.66 bits per heavy atom. The molecule has 3 rings (SSSR count). The number of methoxy groups -OCH3 is 4. The maximum atomic E-state index is 12.9. The van der Waals surface area contributed by atoms with E-state index in [4.69, 9.17) is 23.7 Å². The number of hydrogen-bond acceptors (Lipinski definition) is 7. The maximum Gasteiger partial charge on any atom is 0.227 e. The van der Waals surface area contributed by atoms with E-state index in [1.54, 1.807) is 24.1 Å². The fourth-order valence-corrected chi connectivity index (χ4v) is 3.96. The highest BCUT2D eigenvalue weighted by Crippen LogP contribution is 2.42. The van der Waals surface area contributed by atoms with E-state index in [0.717, 1.165) is 18.4 Å². The molecule has 1 N–H and O–H groups in total. The lowest BCUT2D eigenvalue weighted by atomic mass is 10.1. The Bertz CT molecular complexity index is 1020. The first-order chi connectivity index (χ1) is 16.9. The minimum atomic E-state index is -0.472. The van der Waals surface area contributed by atoms with Crippen molar-refractivity contribution in [2.75, 3.05) is 46.5 Å². The number of carbonyl (C=O) groups is 2. The molecule has 0 aliphatic carbocycles. The molecule has 0 spiro atoms. The molecule has 1 aliphatic heterocycles. The summed E-state index contributed by atoms with van der Waals surface area (Å²) in [5.74, 6) is 1.83.